The van der Waals surface area contributed by atoms with Crippen LogP contribution in [0.5, 0.6) is 0 Å². The van der Waals surface area contributed by atoms with E-state index in [0.717, 1.165) is 12.0 Å². The first-order valence-electron chi connectivity index (χ1n) is 7.20. The van der Waals surface area contributed by atoms with E-state index in [2.05, 4.69) is 38.2 Å². The molecule has 0 radical (unpaired) electrons. The van der Waals surface area contributed by atoms with Gasteiger partial charge in [0.15, 0.2) is 0 Å². The summed E-state index contributed by atoms with van der Waals surface area (Å²) < 4.78 is 0. The third-order valence-corrected chi connectivity index (χ3v) is 3.48. The lowest BCUT2D eigenvalue weighted by Crippen LogP contribution is -2.22. The van der Waals surface area contributed by atoms with Crippen LogP contribution in [0.3, 0.4) is 0 Å². The zero-order chi connectivity index (χ0) is 14.6. The monoisotopic (exact) mass is 263 g/mol. The van der Waals surface area contributed by atoms with Crippen LogP contribution in [0.25, 0.3) is 0 Å². The summed E-state index contributed by atoms with van der Waals surface area (Å²) in [7, 11) is 2.01. The van der Waals surface area contributed by atoms with Crippen LogP contribution in [-0.4, -0.2) is 12.2 Å². The van der Waals surface area contributed by atoms with E-state index in [4.69, 9.17) is 0 Å². The van der Waals surface area contributed by atoms with Gasteiger partial charge in [-0.2, -0.15) is 0 Å². The molecule has 0 aliphatic heterocycles. The molecule has 1 aromatic rings. The minimum absolute atomic E-state index is 0.250. The minimum atomic E-state index is -0.371. The van der Waals surface area contributed by atoms with Crippen LogP contribution in [0.2, 0.25) is 0 Å². The van der Waals surface area contributed by atoms with E-state index in [0.29, 0.717) is 11.5 Å². The summed E-state index contributed by atoms with van der Waals surface area (Å²) in [4.78, 5) is 0. The maximum atomic E-state index is 10.1. The zero-order valence-electron chi connectivity index (χ0n) is 13.2. The lowest BCUT2D eigenvalue weighted by Gasteiger charge is -2.26. The summed E-state index contributed by atoms with van der Waals surface area (Å²) in [6.07, 6.45) is 0.722. The van der Waals surface area contributed by atoms with E-state index in [1.807, 2.05) is 33.0 Å². The fourth-order valence-electron chi connectivity index (χ4n) is 2.31. The Bertz CT molecular complexity index is 375. The van der Waals surface area contributed by atoms with Crippen molar-refractivity contribution in [2.75, 3.05) is 7.05 Å². The molecule has 0 aromatic heterocycles. The van der Waals surface area contributed by atoms with Crippen molar-refractivity contribution in [3.05, 3.63) is 35.4 Å². The van der Waals surface area contributed by atoms with Crippen molar-refractivity contribution >= 4 is 0 Å². The molecule has 2 N–H and O–H groups in total. The van der Waals surface area contributed by atoms with Gasteiger partial charge in [-0.3, -0.25) is 0 Å². The largest absolute Gasteiger partial charge is 0.388 e. The number of hydrogen-bond acceptors (Lipinski definition) is 2. The number of benzene rings is 1. The topological polar surface area (TPSA) is 32.3 Å². The molecule has 0 aliphatic carbocycles. The van der Waals surface area contributed by atoms with Gasteiger partial charge in [0.1, 0.15) is 0 Å². The van der Waals surface area contributed by atoms with E-state index in [1.165, 1.54) is 5.56 Å². The molecule has 0 fully saturated rings. The Hall–Kier alpha value is -0.860. The molecule has 1 aromatic carbocycles. The second-order valence-electron chi connectivity index (χ2n) is 6.96. The molecule has 0 saturated carbocycles. The van der Waals surface area contributed by atoms with Crippen LogP contribution in [-0.2, 0) is 0 Å². The Morgan fingerprint density at radius 1 is 1.05 bits per heavy atom. The smallest absolute Gasteiger partial charge is 0.0812 e. The second-order valence-corrected chi connectivity index (χ2v) is 6.96. The summed E-state index contributed by atoms with van der Waals surface area (Å²) in [5.41, 5.74) is 2.59. The molecule has 2 nitrogen and oxygen atoms in total. The summed E-state index contributed by atoms with van der Waals surface area (Å²) >= 11 is 0. The first kappa shape index (κ1) is 16.2. The second kappa shape index (κ2) is 6.53. The average Bonchev–Trinajstić information content (AvgIpc) is 2.34. The molecule has 0 amide bonds. The Labute approximate surface area is 118 Å². The number of aliphatic hydroxyl groups is 1. The van der Waals surface area contributed by atoms with Crippen LogP contribution in [0.15, 0.2) is 24.3 Å². The quantitative estimate of drug-likeness (QED) is 0.839. The molecule has 2 heteroatoms. The van der Waals surface area contributed by atoms with Crippen LogP contribution in [0.1, 0.15) is 64.3 Å². The van der Waals surface area contributed by atoms with Crippen molar-refractivity contribution in [2.45, 2.75) is 53.2 Å². The van der Waals surface area contributed by atoms with Crippen molar-refractivity contribution in [2.24, 2.45) is 11.3 Å². The summed E-state index contributed by atoms with van der Waals surface area (Å²) in [6, 6.07) is 8.73. The van der Waals surface area contributed by atoms with Gasteiger partial charge in [-0.15, -0.1) is 0 Å². The molecular formula is C17H29NO. The van der Waals surface area contributed by atoms with E-state index in [-0.39, 0.29) is 12.0 Å². The summed E-state index contributed by atoms with van der Waals surface area (Å²) in [5, 5.41) is 13.4. The minimum Gasteiger partial charge on any atom is -0.388 e. The standard InChI is InChI=1S/C17H29NO/c1-12(2)16(19)14-9-7-13(8-10-14)15(18-6)11-17(3,4)5/h7-10,12,15-16,18-19H,11H2,1-6H3. The first-order valence-corrected chi connectivity index (χ1v) is 7.20. The average molecular weight is 263 g/mol. The molecule has 108 valence electrons. The predicted octanol–water partition coefficient (Wildman–Crippen LogP) is 4.07. The van der Waals surface area contributed by atoms with Crippen molar-refractivity contribution in [3.8, 4) is 0 Å². The molecule has 0 bridgehead atoms. The molecule has 0 aliphatic rings. The van der Waals surface area contributed by atoms with E-state index in [1.54, 1.807) is 0 Å². The SMILES string of the molecule is CNC(CC(C)(C)C)c1ccc(C(O)C(C)C)cc1. The molecule has 2 unspecified atom stereocenters. The van der Waals surface area contributed by atoms with E-state index in [9.17, 15) is 5.11 Å². The highest BCUT2D eigenvalue weighted by atomic mass is 16.3. The third-order valence-electron chi connectivity index (χ3n) is 3.48. The van der Waals surface area contributed by atoms with Gasteiger partial charge < -0.3 is 10.4 Å². The number of aliphatic hydroxyl groups excluding tert-OH is 1. The van der Waals surface area contributed by atoms with Gasteiger partial charge in [0.05, 0.1) is 6.10 Å². The van der Waals surface area contributed by atoms with E-state index >= 15 is 0 Å². The molecule has 0 spiro atoms. The van der Waals surface area contributed by atoms with Crippen LogP contribution in [0.4, 0.5) is 0 Å². The van der Waals surface area contributed by atoms with Crippen molar-refractivity contribution in [1.29, 1.82) is 0 Å². The maximum Gasteiger partial charge on any atom is 0.0812 e. The fourth-order valence-corrected chi connectivity index (χ4v) is 2.31. The molecule has 1 rings (SSSR count). The highest BCUT2D eigenvalue weighted by Gasteiger charge is 2.19. The van der Waals surface area contributed by atoms with Crippen LogP contribution in [0, 0.1) is 11.3 Å². The Morgan fingerprint density at radius 3 is 1.89 bits per heavy atom. The van der Waals surface area contributed by atoms with Gasteiger partial charge in [-0.25, -0.2) is 0 Å². The van der Waals surface area contributed by atoms with Crippen molar-refractivity contribution in [1.82, 2.24) is 5.32 Å². The molecule has 0 heterocycles. The normalized spacial score (nSPS) is 15.6. The van der Waals surface area contributed by atoms with Gasteiger partial charge >= 0.3 is 0 Å². The number of nitrogens with one attached hydrogen (secondary N) is 1. The highest BCUT2D eigenvalue weighted by molar-refractivity contribution is 5.26. The zero-order valence-corrected chi connectivity index (χ0v) is 13.2. The lowest BCUT2D eigenvalue weighted by atomic mass is 9.85. The Morgan fingerprint density at radius 2 is 1.53 bits per heavy atom. The number of hydrogen-bond donors (Lipinski definition) is 2. The van der Waals surface area contributed by atoms with Gasteiger partial charge in [-0.05, 0) is 35.9 Å². The molecule has 2 atom stereocenters. The van der Waals surface area contributed by atoms with Gasteiger partial charge in [0.2, 0.25) is 0 Å². The van der Waals surface area contributed by atoms with E-state index < -0.39 is 0 Å². The highest BCUT2D eigenvalue weighted by Crippen LogP contribution is 2.30. The van der Waals surface area contributed by atoms with Crippen molar-refractivity contribution < 1.29 is 5.11 Å². The Kier molecular flexibility index (Phi) is 5.57. The lowest BCUT2D eigenvalue weighted by molar-refractivity contribution is 0.127. The van der Waals surface area contributed by atoms with Crippen LogP contribution < -0.4 is 5.32 Å². The number of rotatable bonds is 5. The maximum absolute atomic E-state index is 10.1. The Balaban J connectivity index is 2.84. The fraction of sp³-hybridized carbons (Fsp3) is 0.647. The van der Waals surface area contributed by atoms with Gasteiger partial charge in [0, 0.05) is 6.04 Å². The summed E-state index contributed by atoms with van der Waals surface area (Å²) in [5.74, 6) is 0.250. The third kappa shape index (κ3) is 4.96. The predicted molar refractivity (Wildman–Crippen MR) is 82.1 cm³/mol. The first-order chi connectivity index (χ1) is 8.74. The van der Waals surface area contributed by atoms with Crippen molar-refractivity contribution in [3.63, 3.8) is 0 Å². The van der Waals surface area contributed by atoms with Gasteiger partial charge in [0.25, 0.3) is 0 Å². The molecule has 19 heavy (non-hydrogen) atoms. The van der Waals surface area contributed by atoms with Crippen LogP contribution >= 0.6 is 0 Å². The van der Waals surface area contributed by atoms with Gasteiger partial charge in [-0.1, -0.05) is 58.9 Å². The summed E-state index contributed by atoms with van der Waals surface area (Å²) in [6.45, 7) is 10.8. The molecular weight excluding hydrogens is 234 g/mol. The molecule has 0 saturated heterocycles.